The highest BCUT2D eigenvalue weighted by Gasteiger charge is 2.67. The van der Waals surface area contributed by atoms with Gasteiger partial charge in [0, 0.05) is 29.3 Å². The summed E-state index contributed by atoms with van der Waals surface area (Å²) in [7, 11) is 3.23. The molecule has 0 aliphatic heterocycles. The van der Waals surface area contributed by atoms with Gasteiger partial charge in [-0.3, -0.25) is 19.4 Å². The van der Waals surface area contributed by atoms with Crippen molar-refractivity contribution in [2.45, 2.75) is 30.6 Å². The van der Waals surface area contributed by atoms with Crippen molar-refractivity contribution in [3.8, 4) is 17.0 Å². The largest absolute Gasteiger partial charge is 0.507 e. The van der Waals surface area contributed by atoms with Gasteiger partial charge in [-0.25, -0.2) is 0 Å². The second-order valence-electron chi connectivity index (χ2n) is 9.99. The Bertz CT molecular complexity index is 1320. The van der Waals surface area contributed by atoms with E-state index in [1.165, 1.54) is 6.07 Å². The van der Waals surface area contributed by atoms with E-state index in [1.807, 2.05) is 6.07 Å². The van der Waals surface area contributed by atoms with Gasteiger partial charge < -0.3 is 31.1 Å². The van der Waals surface area contributed by atoms with Crippen LogP contribution >= 0.6 is 0 Å². The molecule has 1 aromatic carbocycles. The van der Waals surface area contributed by atoms with Crippen molar-refractivity contribution in [1.82, 2.24) is 9.88 Å². The van der Waals surface area contributed by atoms with Gasteiger partial charge in [-0.2, -0.15) is 0 Å². The lowest BCUT2D eigenvalue weighted by molar-refractivity contribution is -0.184. The first-order valence-corrected chi connectivity index (χ1v) is 11.6. The lowest BCUT2D eigenvalue weighted by Gasteiger charge is -2.53. The molecule has 1 aromatic heterocycles. The van der Waals surface area contributed by atoms with Crippen molar-refractivity contribution in [2.75, 3.05) is 14.1 Å². The Morgan fingerprint density at radius 2 is 1.89 bits per heavy atom. The molecule has 2 aromatic rings. The van der Waals surface area contributed by atoms with Crippen LogP contribution in [-0.4, -0.2) is 79.6 Å². The summed E-state index contributed by atoms with van der Waals surface area (Å²) < 4.78 is 0. The molecule has 188 valence electrons. The van der Waals surface area contributed by atoms with E-state index >= 15 is 0 Å². The molecule has 1 amide bonds. The minimum atomic E-state index is -2.67. The van der Waals surface area contributed by atoms with Crippen molar-refractivity contribution in [3.63, 3.8) is 0 Å². The third kappa shape index (κ3) is 3.15. The van der Waals surface area contributed by atoms with Gasteiger partial charge in [0.1, 0.15) is 17.4 Å². The lowest BCUT2D eigenvalue weighted by atomic mass is 9.54. The first-order valence-electron chi connectivity index (χ1n) is 11.6. The Balaban J connectivity index is 1.71. The van der Waals surface area contributed by atoms with E-state index in [0.717, 1.165) is 0 Å². The summed E-state index contributed by atoms with van der Waals surface area (Å²) in [6.45, 7) is 0. The number of hydrogen-bond acceptors (Lipinski definition) is 9. The number of carbonyl (C=O) groups is 3. The number of nitrogens with zero attached hydrogens (tertiary/aromatic N) is 2. The van der Waals surface area contributed by atoms with Gasteiger partial charge in [-0.1, -0.05) is 6.07 Å². The van der Waals surface area contributed by atoms with Crippen LogP contribution in [0.4, 0.5) is 0 Å². The minimum absolute atomic E-state index is 0.0405. The Hall–Kier alpha value is -3.60. The maximum atomic E-state index is 13.8. The maximum absolute atomic E-state index is 13.8. The molecule has 10 heteroatoms. The predicted octanol–water partition coefficient (Wildman–Crippen LogP) is 0.191. The Morgan fingerprint density at radius 1 is 1.17 bits per heavy atom. The molecule has 10 nitrogen and oxygen atoms in total. The molecule has 2 saturated carbocycles. The molecule has 1 heterocycles. The van der Waals surface area contributed by atoms with E-state index in [-0.39, 0.29) is 29.7 Å². The van der Waals surface area contributed by atoms with E-state index in [2.05, 4.69) is 4.98 Å². The molecule has 0 radical (unpaired) electrons. The van der Waals surface area contributed by atoms with Gasteiger partial charge in [0.25, 0.3) is 0 Å². The van der Waals surface area contributed by atoms with E-state index in [0.29, 0.717) is 16.8 Å². The fourth-order valence-electron chi connectivity index (χ4n) is 6.37. The average Bonchev–Trinajstić information content (AvgIpc) is 2.81. The molecule has 5 rings (SSSR count). The third-order valence-electron chi connectivity index (χ3n) is 7.91. The number of hydrogen-bond donors (Lipinski definition) is 5. The van der Waals surface area contributed by atoms with E-state index < -0.39 is 58.7 Å². The number of ketones is 2. The standard InChI is InChI=1S/C26H27N3O7/c1-29(2)20-14-10-11-9-13-12(15-5-3-4-8-28-15)6-7-16(30)18(13)21(31)17(11)23(33)26(14,36)24(34)19(22(20)32)25(27)35/h3-8,11,14,19-20,22,30-32,36H,9-10H2,1-2H3,(H2,27,35)/t11-,14-,19?,20-,22?,26-/m1/s1. The van der Waals surface area contributed by atoms with Crippen LogP contribution in [0.5, 0.6) is 5.75 Å². The molecule has 36 heavy (non-hydrogen) atoms. The van der Waals surface area contributed by atoms with Crippen LogP contribution < -0.4 is 5.73 Å². The van der Waals surface area contributed by atoms with Crippen LogP contribution in [0.1, 0.15) is 17.5 Å². The van der Waals surface area contributed by atoms with E-state index in [4.69, 9.17) is 5.73 Å². The third-order valence-corrected chi connectivity index (χ3v) is 7.91. The zero-order valence-corrected chi connectivity index (χ0v) is 19.8. The van der Waals surface area contributed by atoms with Crippen molar-refractivity contribution in [1.29, 1.82) is 0 Å². The zero-order chi connectivity index (χ0) is 26.1. The molecular formula is C26H27N3O7. The van der Waals surface area contributed by atoms with Gasteiger partial charge in [0.15, 0.2) is 11.4 Å². The number of carbonyl (C=O) groups excluding carboxylic acids is 3. The van der Waals surface area contributed by atoms with Gasteiger partial charge >= 0.3 is 0 Å². The average molecular weight is 494 g/mol. The first-order chi connectivity index (χ1) is 17.0. The predicted molar refractivity (Wildman–Crippen MR) is 127 cm³/mol. The summed E-state index contributed by atoms with van der Waals surface area (Å²) in [6, 6.07) is 7.50. The van der Waals surface area contributed by atoms with Crippen molar-refractivity contribution < 1.29 is 34.8 Å². The minimum Gasteiger partial charge on any atom is -0.507 e. The number of aromatic nitrogens is 1. The maximum Gasteiger partial charge on any atom is 0.230 e. The number of nitrogens with two attached hydrogens (primary N) is 1. The Labute approximate surface area is 206 Å². The Kier molecular flexibility index (Phi) is 5.51. The van der Waals surface area contributed by atoms with Gasteiger partial charge in [-0.15, -0.1) is 0 Å². The first kappa shape index (κ1) is 24.1. The van der Waals surface area contributed by atoms with Gasteiger partial charge in [0.05, 0.1) is 17.4 Å². The number of likely N-dealkylation sites (N-methyl/N-ethyl adjacent to an activating group) is 1. The lowest BCUT2D eigenvalue weighted by Crippen LogP contribution is -2.73. The molecule has 0 spiro atoms. The number of benzene rings is 1. The molecular weight excluding hydrogens is 466 g/mol. The summed E-state index contributed by atoms with van der Waals surface area (Å²) >= 11 is 0. The molecule has 0 saturated heterocycles. The van der Waals surface area contributed by atoms with E-state index in [1.54, 1.807) is 43.4 Å². The molecule has 0 bridgehead atoms. The van der Waals surface area contributed by atoms with Crippen LogP contribution in [0.2, 0.25) is 0 Å². The molecule has 3 aliphatic carbocycles. The molecule has 6 atom stereocenters. The zero-order valence-electron chi connectivity index (χ0n) is 19.8. The normalized spacial score (nSPS) is 31.6. The highest BCUT2D eigenvalue weighted by molar-refractivity contribution is 6.25. The smallest absolute Gasteiger partial charge is 0.230 e. The number of fused-ring (bicyclic) bond motifs is 3. The van der Waals surface area contributed by atoms with Crippen LogP contribution in [0.15, 0.2) is 42.1 Å². The summed E-state index contributed by atoms with van der Waals surface area (Å²) in [4.78, 5) is 45.2. The highest BCUT2D eigenvalue weighted by Crippen LogP contribution is 2.53. The monoisotopic (exact) mass is 493 g/mol. The number of primary amides is 1. The number of amides is 1. The van der Waals surface area contributed by atoms with Gasteiger partial charge in [-0.05, 0) is 62.7 Å². The van der Waals surface area contributed by atoms with Gasteiger partial charge in [0.2, 0.25) is 11.7 Å². The number of aliphatic hydroxyl groups excluding tert-OH is 2. The quantitative estimate of drug-likeness (QED) is 0.374. The summed E-state index contributed by atoms with van der Waals surface area (Å²) in [5.74, 6) is -7.61. The second-order valence-corrected chi connectivity index (χ2v) is 9.99. The molecule has 2 unspecified atom stereocenters. The van der Waals surface area contributed by atoms with Crippen LogP contribution in [-0.2, 0) is 20.8 Å². The number of aromatic hydroxyl groups is 1. The molecule has 3 aliphatic rings. The van der Waals surface area contributed by atoms with Crippen LogP contribution in [0.3, 0.4) is 0 Å². The highest BCUT2D eigenvalue weighted by atomic mass is 16.3. The second kappa shape index (κ2) is 8.22. The fourth-order valence-corrected chi connectivity index (χ4v) is 6.37. The van der Waals surface area contributed by atoms with Crippen molar-refractivity contribution >= 4 is 23.2 Å². The number of pyridine rings is 1. The Morgan fingerprint density at radius 3 is 2.50 bits per heavy atom. The molecule has 2 fully saturated rings. The SMILES string of the molecule is CN(C)[C@H]1C(O)C(C(N)=O)C(=O)[C@]2(O)C(=O)C3=C(O)c4c(O)ccc(-c5ccccn5)c4C[C@@H]3C[C@H]12. The fraction of sp³-hybridized carbons (Fsp3) is 0.385. The van der Waals surface area contributed by atoms with Crippen LogP contribution in [0, 0.1) is 17.8 Å². The summed E-state index contributed by atoms with van der Waals surface area (Å²) in [5, 5.41) is 44.5. The van der Waals surface area contributed by atoms with Crippen LogP contribution in [0.25, 0.3) is 17.0 Å². The summed E-state index contributed by atoms with van der Waals surface area (Å²) in [5.41, 5.74) is 4.44. The topological polar surface area (TPSA) is 174 Å². The number of Topliss-reactive ketones (excluding diaryl/α,β-unsaturated/α-hetero) is 2. The number of phenols is 1. The van der Waals surface area contributed by atoms with Crippen molar-refractivity contribution in [3.05, 3.63) is 53.2 Å². The summed E-state index contributed by atoms with van der Waals surface area (Å²) in [6.07, 6.45) is 0.382. The van der Waals surface area contributed by atoms with E-state index in [9.17, 15) is 34.8 Å². The molecule has 6 N–H and O–H groups in total. The number of phenolic OH excluding ortho intramolecular Hbond substituents is 1. The number of aliphatic hydroxyl groups is 3. The number of rotatable bonds is 3. The van der Waals surface area contributed by atoms with Crippen molar-refractivity contribution in [2.24, 2.45) is 23.5 Å².